The molecule has 0 amide bonds. The van der Waals surface area contributed by atoms with Crippen LogP contribution in [0.15, 0.2) is 18.2 Å². The molecule has 0 spiro atoms. The highest BCUT2D eigenvalue weighted by molar-refractivity contribution is 5.69. The van der Waals surface area contributed by atoms with Crippen LogP contribution in [0.3, 0.4) is 0 Å². The van der Waals surface area contributed by atoms with E-state index in [2.05, 4.69) is 5.32 Å². The maximum Gasteiger partial charge on any atom is 0.0658 e. The van der Waals surface area contributed by atoms with Gasteiger partial charge in [0.15, 0.2) is 0 Å². The largest absolute Gasteiger partial charge is 0.397 e. The third-order valence-electron chi connectivity index (χ3n) is 2.66. The SMILES string of the molecule is CCC(C)(CO)Nc1ccc(N)c(N)c1. The Bertz CT molecular complexity index is 335. The van der Waals surface area contributed by atoms with Gasteiger partial charge in [0, 0.05) is 5.69 Å². The fourth-order valence-corrected chi connectivity index (χ4v) is 1.24. The molecule has 0 saturated heterocycles. The fraction of sp³-hybridized carbons (Fsp3) is 0.455. The number of benzene rings is 1. The molecule has 1 rings (SSSR count). The van der Waals surface area contributed by atoms with Crippen LogP contribution in [0.5, 0.6) is 0 Å². The minimum absolute atomic E-state index is 0.0772. The summed E-state index contributed by atoms with van der Waals surface area (Å²) in [6.45, 7) is 4.05. The molecule has 0 aliphatic heterocycles. The minimum atomic E-state index is -0.317. The molecular formula is C11H19N3O. The van der Waals surface area contributed by atoms with Crippen LogP contribution in [-0.4, -0.2) is 17.3 Å². The molecule has 1 aromatic rings. The van der Waals surface area contributed by atoms with Crippen LogP contribution in [0, 0.1) is 0 Å². The summed E-state index contributed by atoms with van der Waals surface area (Å²) in [6, 6.07) is 5.39. The maximum absolute atomic E-state index is 9.25. The number of rotatable bonds is 4. The molecule has 0 bridgehead atoms. The van der Waals surface area contributed by atoms with Gasteiger partial charge in [-0.1, -0.05) is 6.92 Å². The van der Waals surface area contributed by atoms with Gasteiger partial charge in [-0.25, -0.2) is 0 Å². The highest BCUT2D eigenvalue weighted by Crippen LogP contribution is 2.23. The molecule has 0 heterocycles. The van der Waals surface area contributed by atoms with Gasteiger partial charge in [0.05, 0.1) is 23.5 Å². The smallest absolute Gasteiger partial charge is 0.0658 e. The lowest BCUT2D eigenvalue weighted by atomic mass is 10.00. The van der Waals surface area contributed by atoms with Gasteiger partial charge in [-0.05, 0) is 31.5 Å². The standard InChI is InChI=1S/C11H19N3O/c1-3-11(2,7-15)14-8-4-5-9(12)10(13)6-8/h4-6,14-15H,3,7,12-13H2,1-2H3. The van der Waals surface area contributed by atoms with Crippen molar-refractivity contribution in [2.75, 3.05) is 23.4 Å². The summed E-state index contributed by atoms with van der Waals surface area (Å²) >= 11 is 0. The molecule has 1 aromatic carbocycles. The molecule has 0 aliphatic carbocycles. The van der Waals surface area contributed by atoms with Crippen LogP contribution in [0.25, 0.3) is 0 Å². The molecule has 0 aromatic heterocycles. The number of nitrogens with two attached hydrogens (primary N) is 2. The van der Waals surface area contributed by atoms with Crippen molar-refractivity contribution in [2.45, 2.75) is 25.8 Å². The number of aliphatic hydroxyl groups is 1. The lowest BCUT2D eigenvalue weighted by molar-refractivity contribution is 0.219. The number of anilines is 3. The van der Waals surface area contributed by atoms with Crippen molar-refractivity contribution >= 4 is 17.1 Å². The normalized spacial score (nSPS) is 14.6. The average molecular weight is 209 g/mol. The molecule has 4 nitrogen and oxygen atoms in total. The Morgan fingerprint density at radius 2 is 2.00 bits per heavy atom. The van der Waals surface area contributed by atoms with E-state index in [0.717, 1.165) is 12.1 Å². The molecule has 6 N–H and O–H groups in total. The Hall–Kier alpha value is -1.42. The third-order valence-corrected chi connectivity index (χ3v) is 2.66. The van der Waals surface area contributed by atoms with E-state index >= 15 is 0 Å². The van der Waals surface area contributed by atoms with Gasteiger partial charge in [0.1, 0.15) is 0 Å². The van der Waals surface area contributed by atoms with Crippen LogP contribution < -0.4 is 16.8 Å². The lowest BCUT2D eigenvalue weighted by Crippen LogP contribution is -2.37. The second kappa shape index (κ2) is 4.40. The molecule has 0 saturated carbocycles. The van der Waals surface area contributed by atoms with Gasteiger partial charge in [0.2, 0.25) is 0 Å². The van der Waals surface area contributed by atoms with Crippen molar-refractivity contribution in [2.24, 2.45) is 0 Å². The van der Waals surface area contributed by atoms with Gasteiger partial charge in [-0.2, -0.15) is 0 Å². The van der Waals surface area contributed by atoms with Gasteiger partial charge < -0.3 is 21.9 Å². The monoisotopic (exact) mass is 209 g/mol. The zero-order valence-corrected chi connectivity index (χ0v) is 9.25. The van der Waals surface area contributed by atoms with E-state index in [0.29, 0.717) is 11.4 Å². The van der Waals surface area contributed by atoms with E-state index in [4.69, 9.17) is 11.5 Å². The summed E-state index contributed by atoms with van der Waals surface area (Å²) in [5.74, 6) is 0. The zero-order valence-electron chi connectivity index (χ0n) is 9.25. The lowest BCUT2D eigenvalue weighted by Gasteiger charge is -2.28. The molecule has 0 radical (unpaired) electrons. The molecule has 1 unspecified atom stereocenters. The van der Waals surface area contributed by atoms with E-state index in [9.17, 15) is 5.11 Å². The van der Waals surface area contributed by atoms with E-state index < -0.39 is 0 Å². The predicted octanol–water partition coefficient (Wildman–Crippen LogP) is 1.42. The van der Waals surface area contributed by atoms with Crippen molar-refractivity contribution < 1.29 is 5.11 Å². The Balaban J connectivity index is 2.85. The highest BCUT2D eigenvalue weighted by Gasteiger charge is 2.20. The molecule has 0 aliphatic rings. The van der Waals surface area contributed by atoms with E-state index in [-0.39, 0.29) is 12.1 Å². The quantitative estimate of drug-likeness (QED) is 0.565. The Labute approximate surface area is 90.3 Å². The first-order valence-electron chi connectivity index (χ1n) is 5.05. The zero-order chi connectivity index (χ0) is 11.5. The number of nitrogens with one attached hydrogen (secondary N) is 1. The first-order valence-corrected chi connectivity index (χ1v) is 5.05. The minimum Gasteiger partial charge on any atom is -0.397 e. The van der Waals surface area contributed by atoms with Crippen molar-refractivity contribution in [1.82, 2.24) is 0 Å². The van der Waals surface area contributed by atoms with E-state index in [1.807, 2.05) is 19.9 Å². The number of nitrogen functional groups attached to an aromatic ring is 2. The average Bonchev–Trinajstić information content (AvgIpc) is 2.23. The summed E-state index contributed by atoms with van der Waals surface area (Å²) in [5.41, 5.74) is 13.0. The Morgan fingerprint density at radius 1 is 1.33 bits per heavy atom. The van der Waals surface area contributed by atoms with Crippen LogP contribution in [0.4, 0.5) is 17.1 Å². The van der Waals surface area contributed by atoms with Gasteiger partial charge in [0.25, 0.3) is 0 Å². The first-order chi connectivity index (χ1) is 7.00. The Kier molecular flexibility index (Phi) is 3.42. The Morgan fingerprint density at radius 3 is 2.47 bits per heavy atom. The highest BCUT2D eigenvalue weighted by atomic mass is 16.3. The van der Waals surface area contributed by atoms with Crippen LogP contribution in [0.1, 0.15) is 20.3 Å². The molecule has 4 heteroatoms. The summed E-state index contributed by atoms with van der Waals surface area (Å²) < 4.78 is 0. The summed E-state index contributed by atoms with van der Waals surface area (Å²) in [6.07, 6.45) is 0.827. The molecule has 1 atom stereocenters. The summed E-state index contributed by atoms with van der Waals surface area (Å²) in [5, 5.41) is 12.5. The van der Waals surface area contributed by atoms with Crippen LogP contribution in [-0.2, 0) is 0 Å². The van der Waals surface area contributed by atoms with Gasteiger partial charge >= 0.3 is 0 Å². The third kappa shape index (κ3) is 2.76. The fourth-order valence-electron chi connectivity index (χ4n) is 1.24. The van der Waals surface area contributed by atoms with E-state index in [1.165, 1.54) is 0 Å². The second-order valence-corrected chi connectivity index (χ2v) is 4.04. The second-order valence-electron chi connectivity index (χ2n) is 4.04. The topological polar surface area (TPSA) is 84.3 Å². The van der Waals surface area contributed by atoms with Crippen LogP contribution in [0.2, 0.25) is 0 Å². The first kappa shape index (κ1) is 11.7. The van der Waals surface area contributed by atoms with Crippen LogP contribution >= 0.6 is 0 Å². The summed E-state index contributed by atoms with van der Waals surface area (Å²) in [4.78, 5) is 0. The molecule has 0 fully saturated rings. The van der Waals surface area contributed by atoms with Gasteiger partial charge in [-0.15, -0.1) is 0 Å². The van der Waals surface area contributed by atoms with Crippen molar-refractivity contribution in [3.05, 3.63) is 18.2 Å². The van der Waals surface area contributed by atoms with Gasteiger partial charge in [-0.3, -0.25) is 0 Å². The van der Waals surface area contributed by atoms with Crippen molar-refractivity contribution in [3.63, 3.8) is 0 Å². The number of hydrogen-bond donors (Lipinski definition) is 4. The predicted molar refractivity (Wildman–Crippen MR) is 64.7 cm³/mol. The summed E-state index contributed by atoms with van der Waals surface area (Å²) in [7, 11) is 0. The van der Waals surface area contributed by atoms with Crippen molar-refractivity contribution in [1.29, 1.82) is 0 Å². The number of aliphatic hydroxyl groups excluding tert-OH is 1. The maximum atomic E-state index is 9.25. The molecular weight excluding hydrogens is 190 g/mol. The molecule has 84 valence electrons. The number of hydrogen-bond acceptors (Lipinski definition) is 4. The molecule has 15 heavy (non-hydrogen) atoms. The van der Waals surface area contributed by atoms with Crippen molar-refractivity contribution in [3.8, 4) is 0 Å². The van der Waals surface area contributed by atoms with E-state index in [1.54, 1.807) is 12.1 Å².